The van der Waals surface area contributed by atoms with Gasteiger partial charge in [-0.2, -0.15) is 15.4 Å². The van der Waals surface area contributed by atoms with E-state index >= 15 is 0 Å². The van der Waals surface area contributed by atoms with Crippen molar-refractivity contribution in [3.63, 3.8) is 0 Å². The van der Waals surface area contributed by atoms with E-state index in [1.54, 1.807) is 18.2 Å². The van der Waals surface area contributed by atoms with Crippen molar-refractivity contribution in [1.29, 1.82) is 0 Å². The number of nitrogens with zero attached hydrogens (tertiary/aromatic N) is 3. The Kier molecular flexibility index (Phi) is 6.43. The molecule has 2 heterocycles. The summed E-state index contributed by atoms with van der Waals surface area (Å²) < 4.78 is 2.28. The molecule has 5 aromatic rings. The summed E-state index contributed by atoms with van der Waals surface area (Å²) in [7, 11) is 0. The first kappa shape index (κ1) is 22.6. The maximum atomic E-state index is 12.7. The van der Waals surface area contributed by atoms with Crippen molar-refractivity contribution in [1.82, 2.24) is 30.6 Å². The number of para-hydroxylation sites is 1. The van der Waals surface area contributed by atoms with Crippen LogP contribution in [-0.4, -0.2) is 44.9 Å². The van der Waals surface area contributed by atoms with Crippen LogP contribution in [0.5, 0.6) is 0 Å². The minimum Gasteiger partial charge on any atom is -0.352 e. The molecule has 3 N–H and O–H groups in total. The van der Waals surface area contributed by atoms with Crippen LogP contribution in [0.25, 0.3) is 32.8 Å². The van der Waals surface area contributed by atoms with Gasteiger partial charge in [0.1, 0.15) is 11.0 Å². The fraction of sp³-hybridized carbons (Fsp3) is 0.259. The fourth-order valence-corrected chi connectivity index (χ4v) is 4.55. The Labute approximate surface area is 202 Å². The second kappa shape index (κ2) is 9.97. The minimum atomic E-state index is -0.122. The van der Waals surface area contributed by atoms with Gasteiger partial charge in [0.05, 0.1) is 0 Å². The highest BCUT2D eigenvalue weighted by Crippen LogP contribution is 2.29. The summed E-state index contributed by atoms with van der Waals surface area (Å²) in [5, 5.41) is 18.8. The Morgan fingerprint density at radius 2 is 1.43 bits per heavy atom. The smallest absolute Gasteiger partial charge is 0.251 e. The number of aryl methyl sites for hydroxylation is 1. The number of benzene rings is 3. The number of carbonyl (C=O) groups is 2. The summed E-state index contributed by atoms with van der Waals surface area (Å²) in [6, 6.07) is 19.5. The molecular formula is C27H28N6O2. The van der Waals surface area contributed by atoms with Crippen molar-refractivity contribution in [2.24, 2.45) is 0 Å². The number of H-pyrrole nitrogens is 1. The first-order chi connectivity index (χ1) is 17.2. The summed E-state index contributed by atoms with van der Waals surface area (Å²) in [4.78, 5) is 25.0. The number of carbonyl (C=O) groups excluding carboxylic acids is 2. The minimum absolute atomic E-state index is 0.0585. The van der Waals surface area contributed by atoms with Crippen molar-refractivity contribution in [3.05, 3.63) is 71.8 Å². The summed E-state index contributed by atoms with van der Waals surface area (Å²) in [6.45, 7) is 4.20. The number of hydrogen-bond donors (Lipinski definition) is 3. The van der Waals surface area contributed by atoms with Crippen LogP contribution in [0.1, 0.15) is 46.9 Å². The highest BCUT2D eigenvalue weighted by atomic mass is 16.2. The van der Waals surface area contributed by atoms with Crippen LogP contribution in [0.2, 0.25) is 0 Å². The predicted octanol–water partition coefficient (Wildman–Crippen LogP) is 4.42. The molecule has 0 aliphatic heterocycles. The monoisotopic (exact) mass is 468 g/mol. The van der Waals surface area contributed by atoms with E-state index in [0.29, 0.717) is 29.7 Å². The maximum Gasteiger partial charge on any atom is 0.251 e. The molecule has 0 aliphatic rings. The van der Waals surface area contributed by atoms with Crippen molar-refractivity contribution in [2.75, 3.05) is 13.1 Å². The van der Waals surface area contributed by atoms with E-state index in [0.717, 1.165) is 42.2 Å². The van der Waals surface area contributed by atoms with Gasteiger partial charge < -0.3 is 15.2 Å². The molecule has 5 rings (SSSR count). The highest BCUT2D eigenvalue weighted by Gasteiger charge is 2.12. The Bertz CT molecular complexity index is 1520. The van der Waals surface area contributed by atoms with Crippen LogP contribution in [0.3, 0.4) is 0 Å². The third-order valence-corrected chi connectivity index (χ3v) is 6.35. The number of aromatic nitrogens is 4. The summed E-state index contributed by atoms with van der Waals surface area (Å²) in [5.41, 5.74) is 4.98. The van der Waals surface area contributed by atoms with E-state index in [1.807, 2.05) is 30.3 Å². The van der Waals surface area contributed by atoms with Crippen LogP contribution in [0, 0.1) is 0 Å². The van der Waals surface area contributed by atoms with Crippen LogP contribution < -0.4 is 10.6 Å². The van der Waals surface area contributed by atoms with Crippen molar-refractivity contribution < 1.29 is 9.59 Å². The molecular weight excluding hydrogens is 440 g/mol. The van der Waals surface area contributed by atoms with Gasteiger partial charge in [0.25, 0.3) is 11.8 Å². The van der Waals surface area contributed by atoms with Crippen molar-refractivity contribution in [3.8, 4) is 0 Å². The zero-order valence-corrected chi connectivity index (χ0v) is 19.7. The van der Waals surface area contributed by atoms with E-state index in [1.165, 1.54) is 10.9 Å². The predicted molar refractivity (Wildman–Crippen MR) is 138 cm³/mol. The number of rotatable bonds is 9. The zero-order chi connectivity index (χ0) is 24.2. The molecule has 2 amide bonds. The third-order valence-electron chi connectivity index (χ3n) is 6.35. The van der Waals surface area contributed by atoms with Gasteiger partial charge in [-0.1, -0.05) is 18.2 Å². The summed E-state index contributed by atoms with van der Waals surface area (Å²) in [5.74, 6) is -0.181. The van der Waals surface area contributed by atoms with E-state index in [2.05, 4.69) is 49.7 Å². The number of fused-ring (bicyclic) bond motifs is 4. The van der Waals surface area contributed by atoms with E-state index < -0.39 is 0 Å². The molecule has 35 heavy (non-hydrogen) atoms. The van der Waals surface area contributed by atoms with Gasteiger partial charge in [0.2, 0.25) is 0 Å². The maximum absolute atomic E-state index is 12.7. The number of aromatic amines is 1. The normalized spacial score (nSPS) is 11.3. The van der Waals surface area contributed by atoms with Gasteiger partial charge in [-0.25, -0.2) is 0 Å². The van der Waals surface area contributed by atoms with Crippen LogP contribution in [0.4, 0.5) is 0 Å². The van der Waals surface area contributed by atoms with Crippen LogP contribution >= 0.6 is 0 Å². The lowest BCUT2D eigenvalue weighted by molar-refractivity contribution is 0.0947. The highest BCUT2D eigenvalue weighted by molar-refractivity contribution is 6.10. The average molecular weight is 469 g/mol. The molecule has 0 radical (unpaired) electrons. The van der Waals surface area contributed by atoms with Gasteiger partial charge in [-0.3, -0.25) is 9.59 Å². The molecule has 0 saturated carbocycles. The number of amides is 2. The van der Waals surface area contributed by atoms with Crippen molar-refractivity contribution in [2.45, 2.75) is 32.7 Å². The molecule has 178 valence electrons. The van der Waals surface area contributed by atoms with Gasteiger partial charge in [0.15, 0.2) is 0 Å². The topological polar surface area (TPSA) is 105 Å². The molecule has 0 saturated heterocycles. The van der Waals surface area contributed by atoms with Crippen LogP contribution in [0.15, 0.2) is 60.7 Å². The zero-order valence-electron chi connectivity index (χ0n) is 19.7. The first-order valence-electron chi connectivity index (χ1n) is 12.0. The second-order valence-corrected chi connectivity index (χ2v) is 8.59. The molecule has 0 unspecified atom stereocenters. The van der Waals surface area contributed by atoms with Crippen LogP contribution in [-0.2, 0) is 6.54 Å². The van der Waals surface area contributed by atoms with E-state index in [-0.39, 0.29) is 11.8 Å². The Morgan fingerprint density at radius 3 is 2.20 bits per heavy atom. The summed E-state index contributed by atoms with van der Waals surface area (Å²) >= 11 is 0. The number of unbranched alkanes of at least 4 members (excludes halogenated alkanes) is 2. The van der Waals surface area contributed by atoms with Gasteiger partial charge in [-0.15, -0.1) is 0 Å². The average Bonchev–Trinajstić information content (AvgIpc) is 3.49. The largest absolute Gasteiger partial charge is 0.352 e. The fourth-order valence-electron chi connectivity index (χ4n) is 4.55. The lowest BCUT2D eigenvalue weighted by atomic mass is 10.1. The first-order valence-corrected chi connectivity index (χ1v) is 12.0. The molecule has 8 nitrogen and oxygen atoms in total. The quantitative estimate of drug-likeness (QED) is 0.279. The van der Waals surface area contributed by atoms with Gasteiger partial charge >= 0.3 is 0 Å². The van der Waals surface area contributed by atoms with E-state index in [4.69, 9.17) is 0 Å². The molecule has 2 aromatic heterocycles. The lowest BCUT2D eigenvalue weighted by Crippen LogP contribution is -2.26. The van der Waals surface area contributed by atoms with Gasteiger partial charge in [0, 0.05) is 52.6 Å². The summed E-state index contributed by atoms with van der Waals surface area (Å²) in [6.07, 6.45) is 2.60. The van der Waals surface area contributed by atoms with E-state index in [9.17, 15) is 9.59 Å². The number of hydrogen-bond acceptors (Lipinski definition) is 4. The Balaban J connectivity index is 1.08. The molecule has 0 bridgehead atoms. The molecule has 0 spiro atoms. The molecule has 3 aromatic carbocycles. The Hall–Kier alpha value is -4.20. The second-order valence-electron chi connectivity index (χ2n) is 8.59. The number of nitrogens with one attached hydrogen (secondary N) is 3. The molecule has 8 heteroatoms. The molecule has 0 aliphatic carbocycles. The lowest BCUT2D eigenvalue weighted by Gasteiger charge is -2.07. The van der Waals surface area contributed by atoms with Gasteiger partial charge in [-0.05, 0) is 68.7 Å². The third kappa shape index (κ3) is 4.59. The molecule has 0 fully saturated rings. The SMILES string of the molecule is CCn1c2ccccc2c2cc(C(=O)NCCCCCNC(=O)c3ccc4n[nH]nc4c3)ccc21. The molecule has 0 atom stereocenters. The van der Waals surface area contributed by atoms with Crippen molar-refractivity contribution >= 4 is 44.7 Å². The Morgan fingerprint density at radius 1 is 0.771 bits per heavy atom. The standard InChI is InChI=1S/C27H28N6O2/c1-2-33-24-9-5-4-8-20(24)21-16-18(11-13-25(21)33)26(34)28-14-6-3-7-15-29-27(35)19-10-12-22-23(17-19)31-32-30-22/h4-5,8-13,16-17H,2-3,6-7,14-15H2,1H3,(H,28,34)(H,29,35)(H,30,31,32).